The van der Waals surface area contributed by atoms with E-state index in [1.807, 2.05) is 18.2 Å². The van der Waals surface area contributed by atoms with Gasteiger partial charge < -0.3 is 9.68 Å². The van der Waals surface area contributed by atoms with Crippen LogP contribution in [0.4, 0.5) is 0 Å². The zero-order chi connectivity index (χ0) is 10.9. The highest BCUT2D eigenvalue weighted by molar-refractivity contribution is 6.61. The zero-order valence-corrected chi connectivity index (χ0v) is 8.29. The highest BCUT2D eigenvalue weighted by atomic mass is 16.5. The fraction of sp³-hybridized carbons (Fsp3) is 0.333. The molecule has 1 aromatic rings. The highest BCUT2D eigenvalue weighted by Crippen LogP contribution is 2.30. The summed E-state index contributed by atoms with van der Waals surface area (Å²) in [6, 6.07) is 7.39. The van der Waals surface area contributed by atoms with Crippen LogP contribution in [0.3, 0.4) is 0 Å². The van der Waals surface area contributed by atoms with Crippen molar-refractivity contribution in [3.05, 3.63) is 40.3 Å². The Labute approximate surface area is 87.5 Å². The number of fused-ring (bicyclic) bond motifs is 1. The number of hydrogen-bond acceptors (Lipinski definition) is 3. The molecule has 0 bridgehead atoms. The van der Waals surface area contributed by atoms with Crippen LogP contribution < -0.4 is 5.46 Å². The summed E-state index contributed by atoms with van der Waals surface area (Å²) in [6.07, 6.45) is 0. The summed E-state index contributed by atoms with van der Waals surface area (Å²) in [7, 11) is -0.930. The Bertz CT molecular complexity index is 433. The van der Waals surface area contributed by atoms with Gasteiger partial charge in [-0.25, -0.2) is 0 Å². The first kappa shape index (κ1) is 10.0. The zero-order valence-electron chi connectivity index (χ0n) is 8.29. The molecule has 5 nitrogen and oxygen atoms in total. The van der Waals surface area contributed by atoms with Gasteiger partial charge in [-0.2, -0.15) is 0 Å². The first-order valence-electron chi connectivity index (χ1n) is 4.63. The Morgan fingerprint density at radius 1 is 1.60 bits per heavy atom. The van der Waals surface area contributed by atoms with Crippen LogP contribution in [0.2, 0.25) is 0 Å². The van der Waals surface area contributed by atoms with Gasteiger partial charge in [-0.3, -0.25) is 0 Å². The Kier molecular flexibility index (Phi) is 2.40. The van der Waals surface area contributed by atoms with Crippen molar-refractivity contribution in [3.63, 3.8) is 0 Å². The summed E-state index contributed by atoms with van der Waals surface area (Å²) >= 11 is 0. The van der Waals surface area contributed by atoms with E-state index in [1.165, 1.54) is 0 Å². The standard InChI is InChI=1S/C9H10BN3O2/c1-9(6-12-13-11)7-4-2-3-5-8(7)10(14)15-9/h2-5,14H,6H2,1H3. The predicted octanol–water partition coefficient (Wildman–Crippen LogP) is 0.930. The lowest BCUT2D eigenvalue weighted by molar-refractivity contribution is 0.0894. The summed E-state index contributed by atoms with van der Waals surface area (Å²) in [5.41, 5.74) is 9.20. The molecular weight excluding hydrogens is 193 g/mol. The van der Waals surface area contributed by atoms with Gasteiger partial charge in [-0.1, -0.05) is 29.4 Å². The van der Waals surface area contributed by atoms with Gasteiger partial charge in [0.1, 0.15) is 0 Å². The Morgan fingerprint density at radius 2 is 2.33 bits per heavy atom. The van der Waals surface area contributed by atoms with E-state index in [-0.39, 0.29) is 6.54 Å². The second-order valence-electron chi connectivity index (χ2n) is 3.68. The molecule has 76 valence electrons. The monoisotopic (exact) mass is 203 g/mol. The van der Waals surface area contributed by atoms with Gasteiger partial charge in [0.2, 0.25) is 0 Å². The van der Waals surface area contributed by atoms with E-state index >= 15 is 0 Å². The molecule has 0 saturated heterocycles. The van der Waals surface area contributed by atoms with Crippen molar-refractivity contribution in [1.29, 1.82) is 0 Å². The average molecular weight is 203 g/mol. The van der Waals surface area contributed by atoms with Crippen molar-refractivity contribution >= 4 is 12.6 Å². The van der Waals surface area contributed by atoms with Gasteiger partial charge in [0.05, 0.1) is 12.1 Å². The molecule has 6 heteroatoms. The number of azide groups is 1. The minimum Gasteiger partial charge on any atom is -0.423 e. The van der Waals surface area contributed by atoms with Crippen LogP contribution in [-0.2, 0) is 10.3 Å². The minimum atomic E-state index is -0.930. The number of nitrogens with zero attached hydrogens (tertiary/aromatic N) is 3. The molecule has 1 atom stereocenters. The first-order chi connectivity index (χ1) is 7.17. The maximum Gasteiger partial charge on any atom is 0.492 e. The van der Waals surface area contributed by atoms with Crippen molar-refractivity contribution in [2.24, 2.45) is 5.11 Å². The van der Waals surface area contributed by atoms with Crippen LogP contribution in [0.5, 0.6) is 0 Å². The van der Waals surface area contributed by atoms with E-state index in [9.17, 15) is 5.02 Å². The van der Waals surface area contributed by atoms with Crippen LogP contribution in [-0.4, -0.2) is 18.7 Å². The van der Waals surface area contributed by atoms with Gasteiger partial charge in [0, 0.05) is 4.91 Å². The first-order valence-corrected chi connectivity index (χ1v) is 4.63. The summed E-state index contributed by atoms with van der Waals surface area (Å²) < 4.78 is 5.41. The molecule has 1 unspecified atom stereocenters. The lowest BCUT2D eigenvalue weighted by atomic mass is 9.78. The lowest BCUT2D eigenvalue weighted by Gasteiger charge is -2.23. The number of hydrogen-bond donors (Lipinski definition) is 1. The van der Waals surface area contributed by atoms with E-state index in [4.69, 9.17) is 10.2 Å². The summed E-state index contributed by atoms with van der Waals surface area (Å²) in [4.78, 5) is 2.71. The molecule has 1 N–H and O–H groups in total. The van der Waals surface area contributed by atoms with Crippen molar-refractivity contribution in [2.75, 3.05) is 6.54 Å². The van der Waals surface area contributed by atoms with Gasteiger partial charge in [0.15, 0.2) is 0 Å². The fourth-order valence-electron chi connectivity index (χ4n) is 1.86. The van der Waals surface area contributed by atoms with Crippen LogP contribution in [0.1, 0.15) is 12.5 Å². The van der Waals surface area contributed by atoms with Gasteiger partial charge in [-0.05, 0) is 23.5 Å². The van der Waals surface area contributed by atoms with Crippen LogP contribution in [0.25, 0.3) is 10.4 Å². The maximum absolute atomic E-state index is 9.66. The Hall–Kier alpha value is -1.49. The van der Waals surface area contributed by atoms with E-state index in [2.05, 4.69) is 10.0 Å². The third-order valence-electron chi connectivity index (χ3n) is 2.60. The van der Waals surface area contributed by atoms with E-state index in [1.54, 1.807) is 13.0 Å². The second kappa shape index (κ2) is 3.58. The Balaban J connectivity index is 2.42. The quantitative estimate of drug-likeness (QED) is 0.335. The molecule has 0 saturated carbocycles. The normalized spacial score (nSPS) is 23.5. The molecule has 1 heterocycles. The summed E-state index contributed by atoms with van der Waals surface area (Å²) in [6.45, 7) is 1.98. The topological polar surface area (TPSA) is 78.2 Å². The number of rotatable bonds is 2. The van der Waals surface area contributed by atoms with Crippen LogP contribution in [0.15, 0.2) is 29.4 Å². The van der Waals surface area contributed by atoms with Crippen LogP contribution >= 0.6 is 0 Å². The lowest BCUT2D eigenvalue weighted by Crippen LogP contribution is -2.30. The summed E-state index contributed by atoms with van der Waals surface area (Å²) in [5, 5.41) is 13.2. The van der Waals surface area contributed by atoms with Crippen molar-refractivity contribution in [3.8, 4) is 0 Å². The van der Waals surface area contributed by atoms with Crippen molar-refractivity contribution in [2.45, 2.75) is 12.5 Å². The molecule has 1 aliphatic heterocycles. The number of benzene rings is 1. The van der Waals surface area contributed by atoms with Crippen LogP contribution in [0, 0.1) is 0 Å². The third kappa shape index (κ3) is 1.59. The van der Waals surface area contributed by atoms with Gasteiger partial charge in [-0.15, -0.1) is 0 Å². The molecule has 1 aliphatic rings. The van der Waals surface area contributed by atoms with E-state index in [0.29, 0.717) is 0 Å². The molecule has 1 aromatic carbocycles. The van der Waals surface area contributed by atoms with Crippen molar-refractivity contribution in [1.82, 2.24) is 0 Å². The van der Waals surface area contributed by atoms with Crippen molar-refractivity contribution < 1.29 is 9.68 Å². The SMILES string of the molecule is CC1(CN=[N+]=[N-])OB(O)c2ccccc21. The molecule has 2 rings (SSSR count). The Morgan fingerprint density at radius 3 is 3.07 bits per heavy atom. The molecule has 0 fully saturated rings. The molecule has 0 amide bonds. The maximum atomic E-state index is 9.66. The van der Waals surface area contributed by atoms with E-state index in [0.717, 1.165) is 11.0 Å². The third-order valence-corrected chi connectivity index (χ3v) is 2.60. The fourth-order valence-corrected chi connectivity index (χ4v) is 1.86. The molecular formula is C9H10BN3O2. The summed E-state index contributed by atoms with van der Waals surface area (Å²) in [5.74, 6) is 0. The predicted molar refractivity (Wildman–Crippen MR) is 56.5 cm³/mol. The largest absolute Gasteiger partial charge is 0.492 e. The molecule has 0 aromatic heterocycles. The minimum absolute atomic E-state index is 0.178. The average Bonchev–Trinajstić information content (AvgIpc) is 2.50. The van der Waals surface area contributed by atoms with E-state index < -0.39 is 12.7 Å². The molecule has 15 heavy (non-hydrogen) atoms. The smallest absolute Gasteiger partial charge is 0.423 e. The van der Waals surface area contributed by atoms with Gasteiger partial charge in [0.25, 0.3) is 0 Å². The molecule has 0 aliphatic carbocycles. The van der Waals surface area contributed by atoms with Gasteiger partial charge >= 0.3 is 7.12 Å². The molecule has 0 spiro atoms. The highest BCUT2D eigenvalue weighted by Gasteiger charge is 2.42. The second-order valence-corrected chi connectivity index (χ2v) is 3.68. The molecule has 0 radical (unpaired) electrons.